The first kappa shape index (κ1) is 10.9. The third-order valence-corrected chi connectivity index (χ3v) is 5.05. The maximum Gasteiger partial charge on any atom is 0.0773 e. The van der Waals surface area contributed by atoms with Gasteiger partial charge in [0.05, 0.1) is 11.3 Å². The fourth-order valence-corrected chi connectivity index (χ4v) is 3.23. The average Bonchev–Trinajstić information content (AvgIpc) is 2.66. The highest BCUT2D eigenvalue weighted by atomic mass is 16.4. The molecule has 3 nitrogen and oxygen atoms in total. The van der Waals surface area contributed by atoms with Crippen molar-refractivity contribution < 1.29 is 5.21 Å². The molecule has 0 heterocycles. The van der Waals surface area contributed by atoms with Gasteiger partial charge >= 0.3 is 0 Å². The predicted molar refractivity (Wildman–Crippen MR) is 61.3 cm³/mol. The fourth-order valence-electron chi connectivity index (χ4n) is 3.23. The van der Waals surface area contributed by atoms with Gasteiger partial charge in [0.15, 0.2) is 0 Å². The molecule has 0 saturated heterocycles. The molecule has 0 aliphatic heterocycles. The van der Waals surface area contributed by atoms with E-state index in [9.17, 15) is 0 Å². The minimum Gasteiger partial charge on any atom is -0.411 e. The molecule has 0 spiro atoms. The van der Waals surface area contributed by atoms with Gasteiger partial charge in [-0.1, -0.05) is 19.0 Å². The van der Waals surface area contributed by atoms with Crippen LogP contribution < -0.4 is 0 Å². The highest BCUT2D eigenvalue weighted by molar-refractivity contribution is 5.94. The average molecular weight is 210 g/mol. The van der Waals surface area contributed by atoms with Gasteiger partial charge in [0, 0.05) is 0 Å². The molecule has 0 unspecified atom stereocenters. The molecule has 0 aromatic carbocycles. The summed E-state index contributed by atoms with van der Waals surface area (Å²) in [5.41, 5.74) is 1.35. The normalized spacial score (nSPS) is 45.6. The first-order chi connectivity index (χ1) is 6.84. The van der Waals surface area contributed by atoms with Crippen LogP contribution in [-0.2, 0) is 0 Å². The molecule has 1 N–H and O–H groups in total. The van der Waals surface area contributed by atoms with E-state index in [1.54, 1.807) is 0 Å². The van der Waals surface area contributed by atoms with Crippen molar-refractivity contribution in [2.24, 2.45) is 22.4 Å². The molecule has 3 atom stereocenters. The van der Waals surface area contributed by atoms with Gasteiger partial charge in [0.2, 0.25) is 0 Å². The lowest BCUT2D eigenvalue weighted by molar-refractivity contribution is 0.197. The van der Waals surface area contributed by atoms with Gasteiger partial charge in [0.25, 0.3) is 0 Å². The lowest BCUT2D eigenvalue weighted by Gasteiger charge is -2.39. The smallest absolute Gasteiger partial charge is 0.0773 e. The highest BCUT2D eigenvalue weighted by Gasteiger charge is 2.63. The minimum absolute atomic E-state index is 0.0519. The Bertz CT molecular complexity index is 309. The maximum atomic E-state index is 9.14. The van der Waals surface area contributed by atoms with Crippen molar-refractivity contribution in [1.29, 1.82) is 0 Å². The van der Waals surface area contributed by atoms with Gasteiger partial charge in [-0.15, -0.1) is 0 Å². The molecule has 2 aliphatic rings. The highest BCUT2D eigenvalue weighted by Crippen LogP contribution is 2.66. The molecule has 86 valence electrons. The van der Waals surface area contributed by atoms with Gasteiger partial charge in [0.1, 0.15) is 0 Å². The zero-order valence-corrected chi connectivity index (χ0v) is 10.4. The number of fused-ring (bicyclic) bond motifs is 1. The van der Waals surface area contributed by atoms with Crippen LogP contribution in [0.25, 0.3) is 0 Å². The van der Waals surface area contributed by atoms with E-state index >= 15 is 0 Å². The van der Waals surface area contributed by atoms with Crippen molar-refractivity contribution in [2.45, 2.75) is 39.2 Å². The molecular formula is C12H22N2O. The van der Waals surface area contributed by atoms with Crippen LogP contribution in [0.15, 0.2) is 5.16 Å². The SMILES string of the molecule is CN(C)[C@@]1(C)C[C@@H]2[C@H](CC1=NO)C2(C)C. The van der Waals surface area contributed by atoms with E-state index in [0.717, 1.165) is 30.4 Å². The zero-order chi connectivity index (χ0) is 11.4. The Kier molecular flexibility index (Phi) is 2.16. The molecule has 0 aromatic rings. The topological polar surface area (TPSA) is 35.8 Å². The van der Waals surface area contributed by atoms with E-state index < -0.39 is 0 Å². The summed E-state index contributed by atoms with van der Waals surface area (Å²) in [5, 5.41) is 12.7. The summed E-state index contributed by atoms with van der Waals surface area (Å²) in [7, 11) is 4.14. The van der Waals surface area contributed by atoms with Crippen LogP contribution in [0.5, 0.6) is 0 Å². The zero-order valence-electron chi connectivity index (χ0n) is 10.4. The molecule has 2 rings (SSSR count). The fraction of sp³-hybridized carbons (Fsp3) is 0.917. The van der Waals surface area contributed by atoms with Crippen molar-refractivity contribution in [3.63, 3.8) is 0 Å². The first-order valence-electron chi connectivity index (χ1n) is 5.73. The molecule has 0 radical (unpaired) electrons. The van der Waals surface area contributed by atoms with E-state index in [4.69, 9.17) is 5.21 Å². The summed E-state index contributed by atoms with van der Waals surface area (Å²) >= 11 is 0. The van der Waals surface area contributed by atoms with Crippen molar-refractivity contribution in [2.75, 3.05) is 14.1 Å². The van der Waals surface area contributed by atoms with Crippen molar-refractivity contribution in [1.82, 2.24) is 4.90 Å². The van der Waals surface area contributed by atoms with Gasteiger partial charge in [-0.05, 0) is 51.1 Å². The van der Waals surface area contributed by atoms with E-state index in [0.29, 0.717) is 5.41 Å². The quantitative estimate of drug-likeness (QED) is 0.532. The predicted octanol–water partition coefficient (Wildman–Crippen LogP) is 2.20. The largest absolute Gasteiger partial charge is 0.411 e. The molecule has 15 heavy (non-hydrogen) atoms. The second-order valence-electron chi connectivity index (χ2n) is 6.16. The number of nitrogens with zero attached hydrogens (tertiary/aromatic N) is 2. The molecule has 0 amide bonds. The Hall–Kier alpha value is -0.570. The van der Waals surface area contributed by atoms with Crippen LogP contribution in [-0.4, -0.2) is 35.5 Å². The summed E-state index contributed by atoms with van der Waals surface area (Å²) < 4.78 is 0. The Morgan fingerprint density at radius 3 is 2.33 bits per heavy atom. The molecule has 0 aromatic heterocycles. The molecule has 2 fully saturated rings. The Balaban J connectivity index is 2.27. The van der Waals surface area contributed by atoms with Crippen LogP contribution in [0.1, 0.15) is 33.6 Å². The number of hydrogen-bond donors (Lipinski definition) is 1. The third-order valence-electron chi connectivity index (χ3n) is 5.05. The van der Waals surface area contributed by atoms with E-state index in [2.05, 4.69) is 44.9 Å². The van der Waals surface area contributed by atoms with Gasteiger partial charge in [-0.2, -0.15) is 0 Å². The third kappa shape index (κ3) is 1.32. The first-order valence-corrected chi connectivity index (χ1v) is 5.73. The second kappa shape index (κ2) is 2.97. The molecule has 2 aliphatic carbocycles. The number of oxime groups is 1. The lowest BCUT2D eigenvalue weighted by Crippen LogP contribution is -2.51. The standard InChI is InChI=1S/C12H22N2O/c1-11(2)8-6-10(13-15)12(3,14(4)5)7-9(8)11/h8-9,15H,6-7H2,1-5H3/t8-,9+,12-/m0/s1. The van der Waals surface area contributed by atoms with E-state index in [1.165, 1.54) is 0 Å². The molecule has 3 heteroatoms. The van der Waals surface area contributed by atoms with Crippen molar-refractivity contribution in [3.05, 3.63) is 0 Å². The second-order valence-corrected chi connectivity index (χ2v) is 6.16. The number of rotatable bonds is 1. The van der Waals surface area contributed by atoms with Crippen molar-refractivity contribution >= 4 is 5.71 Å². The van der Waals surface area contributed by atoms with Crippen LogP contribution in [0.3, 0.4) is 0 Å². The lowest BCUT2D eigenvalue weighted by atomic mass is 9.80. The van der Waals surface area contributed by atoms with E-state index in [1.807, 2.05) is 0 Å². The van der Waals surface area contributed by atoms with Crippen molar-refractivity contribution in [3.8, 4) is 0 Å². The minimum atomic E-state index is -0.0519. The van der Waals surface area contributed by atoms with Crippen LogP contribution in [0, 0.1) is 17.3 Å². The maximum absolute atomic E-state index is 9.14. The van der Waals surface area contributed by atoms with Gasteiger partial charge in [-0.3, -0.25) is 4.90 Å². The summed E-state index contributed by atoms with van der Waals surface area (Å²) in [5.74, 6) is 1.53. The molecule has 2 saturated carbocycles. The number of hydrogen-bond acceptors (Lipinski definition) is 3. The summed E-state index contributed by atoms with van der Waals surface area (Å²) in [6.45, 7) is 6.85. The summed E-state index contributed by atoms with van der Waals surface area (Å²) in [4.78, 5) is 2.19. The Morgan fingerprint density at radius 1 is 1.27 bits per heavy atom. The van der Waals surface area contributed by atoms with Gasteiger partial charge < -0.3 is 5.21 Å². The van der Waals surface area contributed by atoms with E-state index in [-0.39, 0.29) is 5.54 Å². The van der Waals surface area contributed by atoms with Crippen LogP contribution in [0.4, 0.5) is 0 Å². The molecule has 0 bridgehead atoms. The van der Waals surface area contributed by atoms with Crippen LogP contribution >= 0.6 is 0 Å². The van der Waals surface area contributed by atoms with Gasteiger partial charge in [-0.25, -0.2) is 0 Å². The molecular weight excluding hydrogens is 188 g/mol. The Morgan fingerprint density at radius 2 is 1.87 bits per heavy atom. The Labute approximate surface area is 92.1 Å². The summed E-state index contributed by atoms with van der Waals surface area (Å²) in [6.07, 6.45) is 2.08. The summed E-state index contributed by atoms with van der Waals surface area (Å²) in [6, 6.07) is 0. The monoisotopic (exact) mass is 210 g/mol. The van der Waals surface area contributed by atoms with Crippen LogP contribution in [0.2, 0.25) is 0 Å².